The summed E-state index contributed by atoms with van der Waals surface area (Å²) in [6.45, 7) is 0.674. The monoisotopic (exact) mass is 427 g/mol. The Kier molecular flexibility index (Phi) is 6.43. The topological polar surface area (TPSA) is 78.7 Å². The van der Waals surface area contributed by atoms with Crippen LogP contribution in [0.4, 0.5) is 18.9 Å². The molecule has 1 atom stereocenters. The van der Waals surface area contributed by atoms with E-state index in [0.717, 1.165) is 31.0 Å². The lowest BCUT2D eigenvalue weighted by Crippen LogP contribution is -2.11. The third-order valence-electron chi connectivity index (χ3n) is 4.21. The van der Waals surface area contributed by atoms with E-state index < -0.39 is 22.6 Å². The van der Waals surface area contributed by atoms with Crippen LogP contribution in [0.1, 0.15) is 28.8 Å². The van der Waals surface area contributed by atoms with E-state index in [4.69, 9.17) is 9.47 Å². The Bertz CT molecular complexity index is 913. The Morgan fingerprint density at radius 3 is 2.72 bits per heavy atom. The second kappa shape index (κ2) is 8.83. The van der Waals surface area contributed by atoms with E-state index in [0.29, 0.717) is 23.3 Å². The zero-order valence-electron chi connectivity index (χ0n) is 15.0. The zero-order valence-corrected chi connectivity index (χ0v) is 15.8. The first kappa shape index (κ1) is 21.1. The molecule has 3 rings (SSSR count). The summed E-state index contributed by atoms with van der Waals surface area (Å²) in [6.07, 6.45) is -2.70. The number of esters is 1. The number of ether oxygens (including phenoxy) is 2. The summed E-state index contributed by atoms with van der Waals surface area (Å²) in [6, 6.07) is 7.70. The second-order valence-corrected chi connectivity index (χ2v) is 7.36. The molecule has 0 N–H and O–H groups in total. The SMILES string of the molecule is O=C(Oc1cccc(C(F)(F)F)c1)c1ccc(SC[C@H]2CCCO2)c([N+](=O)[O-])c1. The first-order valence-electron chi connectivity index (χ1n) is 8.66. The molecule has 0 aromatic heterocycles. The van der Waals surface area contributed by atoms with Crippen LogP contribution in [-0.2, 0) is 10.9 Å². The van der Waals surface area contributed by atoms with Crippen molar-refractivity contribution in [1.29, 1.82) is 0 Å². The van der Waals surface area contributed by atoms with Crippen molar-refractivity contribution < 1.29 is 32.4 Å². The fourth-order valence-corrected chi connectivity index (χ4v) is 3.84. The number of halogens is 3. The number of nitro groups is 1. The predicted molar refractivity (Wildman–Crippen MR) is 99.2 cm³/mol. The molecular weight excluding hydrogens is 411 g/mol. The van der Waals surface area contributed by atoms with E-state index in [1.54, 1.807) is 0 Å². The van der Waals surface area contributed by atoms with Crippen LogP contribution in [0.15, 0.2) is 47.4 Å². The van der Waals surface area contributed by atoms with E-state index in [1.165, 1.54) is 30.0 Å². The second-order valence-electron chi connectivity index (χ2n) is 6.30. The van der Waals surface area contributed by atoms with Gasteiger partial charge >= 0.3 is 12.1 Å². The molecular formula is C19H16F3NO5S. The van der Waals surface area contributed by atoms with Crippen LogP contribution >= 0.6 is 11.8 Å². The third kappa shape index (κ3) is 5.48. The number of thioether (sulfide) groups is 1. The molecule has 0 unspecified atom stereocenters. The summed E-state index contributed by atoms with van der Waals surface area (Å²) in [5, 5.41) is 11.4. The normalized spacial score (nSPS) is 16.6. The van der Waals surface area contributed by atoms with Gasteiger partial charge in [0.2, 0.25) is 0 Å². The Balaban J connectivity index is 1.75. The lowest BCUT2D eigenvalue weighted by atomic mass is 10.2. The van der Waals surface area contributed by atoms with E-state index in [2.05, 4.69) is 0 Å². The molecule has 10 heteroatoms. The minimum absolute atomic E-state index is 0.0326. The van der Waals surface area contributed by atoms with Gasteiger partial charge in [0.25, 0.3) is 5.69 Å². The molecule has 1 aliphatic heterocycles. The number of benzene rings is 2. The quantitative estimate of drug-likeness (QED) is 0.210. The first-order chi connectivity index (χ1) is 13.7. The molecule has 1 fully saturated rings. The van der Waals surface area contributed by atoms with Crippen LogP contribution < -0.4 is 4.74 Å². The number of hydrogen-bond acceptors (Lipinski definition) is 6. The van der Waals surface area contributed by atoms with Crippen molar-refractivity contribution in [1.82, 2.24) is 0 Å². The van der Waals surface area contributed by atoms with Gasteiger partial charge in [-0.05, 0) is 43.2 Å². The molecule has 0 aliphatic carbocycles. The van der Waals surface area contributed by atoms with Gasteiger partial charge in [0.1, 0.15) is 5.75 Å². The fourth-order valence-electron chi connectivity index (χ4n) is 2.77. The zero-order chi connectivity index (χ0) is 21.0. The van der Waals surface area contributed by atoms with Gasteiger partial charge in [-0.2, -0.15) is 13.2 Å². The minimum Gasteiger partial charge on any atom is -0.423 e. The third-order valence-corrected chi connectivity index (χ3v) is 5.41. The van der Waals surface area contributed by atoms with E-state index in [9.17, 15) is 28.1 Å². The highest BCUT2D eigenvalue weighted by molar-refractivity contribution is 7.99. The highest BCUT2D eigenvalue weighted by Gasteiger charge is 2.31. The summed E-state index contributed by atoms with van der Waals surface area (Å²) >= 11 is 1.26. The number of nitro benzene ring substituents is 1. The Hall–Kier alpha value is -2.59. The largest absolute Gasteiger partial charge is 0.423 e. The maximum atomic E-state index is 12.8. The fraction of sp³-hybridized carbons (Fsp3) is 0.316. The molecule has 0 spiro atoms. The van der Waals surface area contributed by atoms with Gasteiger partial charge in [0.15, 0.2) is 0 Å². The van der Waals surface area contributed by atoms with Gasteiger partial charge in [0, 0.05) is 18.4 Å². The van der Waals surface area contributed by atoms with Crippen molar-refractivity contribution in [2.24, 2.45) is 0 Å². The number of carbonyl (C=O) groups is 1. The Morgan fingerprint density at radius 2 is 2.07 bits per heavy atom. The van der Waals surface area contributed by atoms with Crippen molar-refractivity contribution in [3.8, 4) is 5.75 Å². The summed E-state index contributed by atoms with van der Waals surface area (Å²) in [7, 11) is 0. The van der Waals surface area contributed by atoms with Crippen molar-refractivity contribution in [3.63, 3.8) is 0 Å². The van der Waals surface area contributed by atoms with Crippen molar-refractivity contribution in [2.75, 3.05) is 12.4 Å². The van der Waals surface area contributed by atoms with E-state index in [1.807, 2.05) is 0 Å². The smallest absolute Gasteiger partial charge is 0.416 e. The molecule has 6 nitrogen and oxygen atoms in total. The molecule has 154 valence electrons. The number of alkyl halides is 3. The van der Waals surface area contributed by atoms with Crippen LogP contribution in [0.3, 0.4) is 0 Å². The maximum absolute atomic E-state index is 12.8. The first-order valence-corrected chi connectivity index (χ1v) is 9.65. The van der Waals surface area contributed by atoms with Gasteiger partial charge in [0.05, 0.1) is 27.0 Å². The number of rotatable bonds is 6. The number of hydrogen-bond donors (Lipinski definition) is 0. The molecule has 0 saturated carbocycles. The Morgan fingerprint density at radius 1 is 1.28 bits per heavy atom. The summed E-state index contributed by atoms with van der Waals surface area (Å²) in [5.74, 6) is -0.734. The molecule has 1 aliphatic rings. The lowest BCUT2D eigenvalue weighted by molar-refractivity contribution is -0.387. The number of nitrogens with zero attached hydrogens (tertiary/aromatic N) is 1. The minimum atomic E-state index is -4.58. The molecule has 1 heterocycles. The highest BCUT2D eigenvalue weighted by atomic mass is 32.2. The molecule has 0 radical (unpaired) electrons. The molecule has 0 bridgehead atoms. The summed E-state index contributed by atoms with van der Waals surface area (Å²) in [4.78, 5) is 23.4. The van der Waals surface area contributed by atoms with Gasteiger partial charge < -0.3 is 9.47 Å². The average Bonchev–Trinajstić information content (AvgIpc) is 3.19. The van der Waals surface area contributed by atoms with Gasteiger partial charge in [-0.15, -0.1) is 11.8 Å². The lowest BCUT2D eigenvalue weighted by Gasteiger charge is -2.11. The van der Waals surface area contributed by atoms with Gasteiger partial charge in [-0.1, -0.05) is 6.07 Å². The van der Waals surface area contributed by atoms with Crippen LogP contribution in [0, 0.1) is 10.1 Å². The van der Waals surface area contributed by atoms with Crippen molar-refractivity contribution >= 4 is 23.4 Å². The Labute approximate surface area is 168 Å². The highest BCUT2D eigenvalue weighted by Crippen LogP contribution is 2.33. The van der Waals surface area contributed by atoms with Crippen molar-refractivity contribution in [3.05, 3.63) is 63.7 Å². The van der Waals surface area contributed by atoms with E-state index >= 15 is 0 Å². The summed E-state index contributed by atoms with van der Waals surface area (Å²) in [5.41, 5.74) is -1.36. The van der Waals surface area contributed by atoms with Crippen LogP contribution in [0.25, 0.3) is 0 Å². The predicted octanol–water partition coefficient (Wildman–Crippen LogP) is 5.10. The van der Waals surface area contributed by atoms with E-state index in [-0.39, 0.29) is 23.1 Å². The standard InChI is InChI=1S/C19H16F3NO5S/c20-19(21,22)13-3-1-4-14(10-13)28-18(24)12-6-7-17(16(9-12)23(25)26)29-11-15-5-2-8-27-15/h1,3-4,6-7,9-10,15H,2,5,8,11H2/t15-/m1/s1. The molecule has 2 aromatic rings. The molecule has 0 amide bonds. The van der Waals surface area contributed by atoms with Gasteiger partial charge in [-0.3, -0.25) is 10.1 Å². The molecule has 1 saturated heterocycles. The van der Waals surface area contributed by atoms with Crippen LogP contribution in [0.2, 0.25) is 0 Å². The average molecular weight is 427 g/mol. The van der Waals surface area contributed by atoms with Crippen LogP contribution in [-0.4, -0.2) is 29.4 Å². The van der Waals surface area contributed by atoms with Crippen molar-refractivity contribution in [2.45, 2.75) is 30.0 Å². The van der Waals surface area contributed by atoms with Crippen LogP contribution in [0.5, 0.6) is 5.75 Å². The van der Waals surface area contributed by atoms with Gasteiger partial charge in [-0.25, -0.2) is 4.79 Å². The summed E-state index contributed by atoms with van der Waals surface area (Å²) < 4.78 is 48.8. The molecule has 29 heavy (non-hydrogen) atoms. The number of carbonyl (C=O) groups excluding carboxylic acids is 1. The maximum Gasteiger partial charge on any atom is 0.416 e. The molecule has 2 aromatic carbocycles.